The van der Waals surface area contributed by atoms with E-state index in [1.165, 1.54) is 0 Å². The summed E-state index contributed by atoms with van der Waals surface area (Å²) >= 11 is 0. The first kappa shape index (κ1) is 10.5. The number of aromatic nitrogens is 4. The first-order chi connectivity index (χ1) is 8.79. The Bertz CT molecular complexity index is 689. The number of hydrogen-bond acceptors (Lipinski definition) is 5. The van der Waals surface area contributed by atoms with Crippen LogP contribution in [0.15, 0.2) is 36.9 Å². The number of rotatable bonds is 2. The van der Waals surface area contributed by atoms with Gasteiger partial charge in [-0.3, -0.25) is 4.40 Å². The summed E-state index contributed by atoms with van der Waals surface area (Å²) in [4.78, 5) is 12.4. The summed E-state index contributed by atoms with van der Waals surface area (Å²) < 4.78 is 6.91. The van der Waals surface area contributed by atoms with E-state index in [4.69, 9.17) is 10.5 Å². The topological polar surface area (TPSA) is 78.3 Å². The van der Waals surface area contributed by atoms with E-state index >= 15 is 0 Å². The molecule has 0 saturated carbocycles. The van der Waals surface area contributed by atoms with Crippen LogP contribution in [0.25, 0.3) is 16.9 Å². The van der Waals surface area contributed by atoms with Crippen molar-refractivity contribution in [2.24, 2.45) is 0 Å². The van der Waals surface area contributed by atoms with Crippen LogP contribution in [0.2, 0.25) is 0 Å². The van der Waals surface area contributed by atoms with Crippen LogP contribution in [-0.4, -0.2) is 26.5 Å². The van der Waals surface area contributed by atoms with Crippen molar-refractivity contribution in [3.63, 3.8) is 0 Å². The highest BCUT2D eigenvalue weighted by Gasteiger charge is 2.08. The Morgan fingerprint density at radius 3 is 2.78 bits per heavy atom. The highest BCUT2D eigenvalue weighted by atomic mass is 16.5. The van der Waals surface area contributed by atoms with Gasteiger partial charge >= 0.3 is 0 Å². The standard InChI is InChI=1S/C12H11N5O/c1-18-10-3-2-8(6-15-10)9-7-16-12-11(13)14-4-5-17(9)12/h2-7H,1H3,(H2,13,14). The molecule has 90 valence electrons. The van der Waals surface area contributed by atoms with Crippen molar-refractivity contribution < 1.29 is 4.74 Å². The van der Waals surface area contributed by atoms with Gasteiger partial charge in [-0.1, -0.05) is 0 Å². The average Bonchev–Trinajstić information content (AvgIpc) is 2.84. The molecule has 0 aromatic carbocycles. The van der Waals surface area contributed by atoms with Gasteiger partial charge in [-0.15, -0.1) is 0 Å². The molecule has 0 spiro atoms. The molecule has 18 heavy (non-hydrogen) atoms. The number of imidazole rings is 1. The van der Waals surface area contributed by atoms with Crippen LogP contribution < -0.4 is 10.5 Å². The number of pyridine rings is 1. The Kier molecular flexibility index (Phi) is 2.33. The maximum absolute atomic E-state index is 5.76. The second-order valence-electron chi connectivity index (χ2n) is 3.74. The molecule has 0 bridgehead atoms. The molecule has 0 amide bonds. The summed E-state index contributed by atoms with van der Waals surface area (Å²) in [6.07, 6.45) is 6.94. The Morgan fingerprint density at radius 1 is 1.17 bits per heavy atom. The SMILES string of the molecule is COc1ccc(-c2cnc3c(N)nccn23)cn1. The predicted molar refractivity (Wildman–Crippen MR) is 67.2 cm³/mol. The predicted octanol–water partition coefficient (Wildman–Crippen LogP) is 1.38. The lowest BCUT2D eigenvalue weighted by Gasteiger charge is -2.03. The molecular weight excluding hydrogens is 230 g/mol. The normalized spacial score (nSPS) is 10.7. The number of fused-ring (bicyclic) bond motifs is 1. The third kappa shape index (κ3) is 1.55. The van der Waals surface area contributed by atoms with Gasteiger partial charge in [0.1, 0.15) is 0 Å². The maximum atomic E-state index is 5.76. The van der Waals surface area contributed by atoms with Gasteiger partial charge in [0.15, 0.2) is 11.5 Å². The molecule has 0 aliphatic rings. The first-order valence-corrected chi connectivity index (χ1v) is 5.37. The van der Waals surface area contributed by atoms with Crippen LogP contribution in [0, 0.1) is 0 Å². The van der Waals surface area contributed by atoms with Crippen molar-refractivity contribution in [1.82, 2.24) is 19.4 Å². The van der Waals surface area contributed by atoms with Gasteiger partial charge in [0.05, 0.1) is 19.0 Å². The number of anilines is 1. The first-order valence-electron chi connectivity index (χ1n) is 5.37. The van der Waals surface area contributed by atoms with Crippen LogP contribution in [0.5, 0.6) is 5.88 Å². The molecule has 3 rings (SSSR count). The lowest BCUT2D eigenvalue weighted by molar-refractivity contribution is 0.398. The number of nitrogen functional groups attached to an aromatic ring is 1. The van der Waals surface area contributed by atoms with E-state index in [1.54, 1.807) is 31.8 Å². The Labute approximate surface area is 103 Å². The Hall–Kier alpha value is -2.63. The van der Waals surface area contributed by atoms with E-state index < -0.39 is 0 Å². The largest absolute Gasteiger partial charge is 0.481 e. The molecule has 0 aliphatic heterocycles. The number of ether oxygens (including phenoxy) is 1. The molecule has 3 aromatic rings. The molecule has 0 radical (unpaired) electrons. The van der Waals surface area contributed by atoms with Gasteiger partial charge in [0.2, 0.25) is 5.88 Å². The Balaban J connectivity index is 2.16. The molecule has 0 fully saturated rings. The number of nitrogens with zero attached hydrogens (tertiary/aromatic N) is 4. The Morgan fingerprint density at radius 2 is 2.06 bits per heavy atom. The van der Waals surface area contributed by atoms with Crippen LogP contribution in [0.1, 0.15) is 0 Å². The second-order valence-corrected chi connectivity index (χ2v) is 3.74. The van der Waals surface area contributed by atoms with Gasteiger partial charge in [0, 0.05) is 30.2 Å². The fraction of sp³-hybridized carbons (Fsp3) is 0.0833. The van der Waals surface area contributed by atoms with Gasteiger partial charge in [0.25, 0.3) is 0 Å². The molecule has 0 aliphatic carbocycles. The highest BCUT2D eigenvalue weighted by Crippen LogP contribution is 2.22. The van der Waals surface area contributed by atoms with Gasteiger partial charge in [-0.2, -0.15) is 0 Å². The highest BCUT2D eigenvalue weighted by molar-refractivity contribution is 5.68. The maximum Gasteiger partial charge on any atom is 0.212 e. The lowest BCUT2D eigenvalue weighted by atomic mass is 10.2. The smallest absolute Gasteiger partial charge is 0.212 e. The molecule has 0 atom stereocenters. The van der Waals surface area contributed by atoms with Crippen molar-refractivity contribution in [1.29, 1.82) is 0 Å². The van der Waals surface area contributed by atoms with Crippen molar-refractivity contribution in [3.05, 3.63) is 36.9 Å². The number of methoxy groups -OCH3 is 1. The van der Waals surface area contributed by atoms with Crippen molar-refractivity contribution in [3.8, 4) is 17.1 Å². The van der Waals surface area contributed by atoms with E-state index in [0.717, 1.165) is 11.3 Å². The third-order valence-electron chi connectivity index (χ3n) is 2.70. The van der Waals surface area contributed by atoms with Crippen LogP contribution in [0.4, 0.5) is 5.82 Å². The zero-order valence-electron chi connectivity index (χ0n) is 9.74. The van der Waals surface area contributed by atoms with Crippen molar-refractivity contribution in [2.75, 3.05) is 12.8 Å². The summed E-state index contributed by atoms with van der Waals surface area (Å²) in [5.74, 6) is 0.985. The summed E-state index contributed by atoms with van der Waals surface area (Å²) in [6, 6.07) is 3.73. The van der Waals surface area contributed by atoms with Crippen LogP contribution in [-0.2, 0) is 0 Å². The van der Waals surface area contributed by atoms with Crippen LogP contribution >= 0.6 is 0 Å². The summed E-state index contributed by atoms with van der Waals surface area (Å²) in [5, 5.41) is 0. The van der Waals surface area contributed by atoms with Crippen LogP contribution in [0.3, 0.4) is 0 Å². The van der Waals surface area contributed by atoms with Gasteiger partial charge < -0.3 is 10.5 Å². The van der Waals surface area contributed by atoms with E-state index in [1.807, 2.05) is 16.7 Å². The van der Waals surface area contributed by atoms with E-state index in [2.05, 4.69) is 15.0 Å². The molecular formula is C12H11N5O. The summed E-state index contributed by atoms with van der Waals surface area (Å²) in [7, 11) is 1.59. The molecule has 0 saturated heterocycles. The lowest BCUT2D eigenvalue weighted by Crippen LogP contribution is -1.96. The fourth-order valence-electron chi connectivity index (χ4n) is 1.81. The monoisotopic (exact) mass is 241 g/mol. The van der Waals surface area contributed by atoms with Crippen molar-refractivity contribution in [2.45, 2.75) is 0 Å². The quantitative estimate of drug-likeness (QED) is 0.733. The number of nitrogens with two attached hydrogens (primary N) is 1. The molecule has 6 nitrogen and oxygen atoms in total. The minimum atomic E-state index is 0.408. The molecule has 3 heterocycles. The molecule has 0 unspecified atom stereocenters. The minimum absolute atomic E-state index is 0.408. The van der Waals surface area contributed by atoms with Crippen molar-refractivity contribution >= 4 is 11.5 Å². The fourth-order valence-corrected chi connectivity index (χ4v) is 1.81. The zero-order valence-corrected chi connectivity index (χ0v) is 9.74. The van der Waals surface area contributed by atoms with Gasteiger partial charge in [-0.25, -0.2) is 15.0 Å². The van der Waals surface area contributed by atoms with E-state index in [0.29, 0.717) is 17.3 Å². The van der Waals surface area contributed by atoms with E-state index in [9.17, 15) is 0 Å². The average molecular weight is 241 g/mol. The minimum Gasteiger partial charge on any atom is -0.481 e. The number of hydrogen-bond donors (Lipinski definition) is 1. The molecule has 6 heteroatoms. The summed E-state index contributed by atoms with van der Waals surface area (Å²) in [6.45, 7) is 0. The van der Waals surface area contributed by atoms with Gasteiger partial charge in [-0.05, 0) is 6.07 Å². The zero-order chi connectivity index (χ0) is 12.5. The second kappa shape index (κ2) is 3.99. The summed E-state index contributed by atoms with van der Waals surface area (Å²) in [5.41, 5.74) is 8.26. The third-order valence-corrected chi connectivity index (χ3v) is 2.70. The molecule has 2 N–H and O–H groups in total. The molecule has 3 aromatic heterocycles. The van der Waals surface area contributed by atoms with E-state index in [-0.39, 0.29) is 0 Å².